The van der Waals surface area contributed by atoms with E-state index in [0.29, 0.717) is 47.4 Å². The Bertz CT molecular complexity index is 1130. The van der Waals surface area contributed by atoms with Gasteiger partial charge in [-0.05, 0) is 116 Å². The van der Waals surface area contributed by atoms with Crippen molar-refractivity contribution in [1.82, 2.24) is 0 Å². The first kappa shape index (κ1) is 36.6. The first-order valence-corrected chi connectivity index (χ1v) is 18.2. The van der Waals surface area contributed by atoms with Gasteiger partial charge in [-0.25, -0.2) is 9.59 Å². The van der Waals surface area contributed by atoms with E-state index in [1.807, 2.05) is 38.1 Å². The molecule has 0 saturated carbocycles. The predicted octanol–water partition coefficient (Wildman–Crippen LogP) is 10.0. The van der Waals surface area contributed by atoms with E-state index in [0.717, 1.165) is 27.7 Å². The SMILES string of the molecule is C=C(C)C(=O)OCCSC(C)Oc1c(Br)cc(Sc2cc(Br)c(OC(C)SCCOC(=O)C(=C)C)c(Br)c2)cc1Br. The molecule has 0 amide bonds. The highest BCUT2D eigenvalue weighted by Gasteiger charge is 2.17. The molecular formula is C28H30Br4O6S3. The summed E-state index contributed by atoms with van der Waals surface area (Å²) in [6.07, 6.45) is 0. The molecule has 0 aromatic heterocycles. The normalized spacial score (nSPS) is 12.3. The van der Waals surface area contributed by atoms with Crippen molar-refractivity contribution in [3.05, 3.63) is 66.5 Å². The molecule has 0 saturated heterocycles. The summed E-state index contributed by atoms with van der Waals surface area (Å²) in [7, 11) is 0. The van der Waals surface area contributed by atoms with Gasteiger partial charge in [0.15, 0.2) is 0 Å². The van der Waals surface area contributed by atoms with Crippen molar-refractivity contribution >= 4 is 111 Å². The molecule has 41 heavy (non-hydrogen) atoms. The third-order valence-corrected chi connectivity index (χ3v) is 10.0. The molecule has 0 bridgehead atoms. The van der Waals surface area contributed by atoms with Crippen molar-refractivity contribution in [3.63, 3.8) is 0 Å². The van der Waals surface area contributed by atoms with Crippen LogP contribution in [0.4, 0.5) is 0 Å². The molecule has 0 heterocycles. The molecular weight excluding hydrogens is 848 g/mol. The van der Waals surface area contributed by atoms with Crippen LogP contribution < -0.4 is 9.47 Å². The first-order valence-electron chi connectivity index (χ1n) is 12.2. The number of carbonyl (C=O) groups excluding carboxylic acids is 2. The maximum Gasteiger partial charge on any atom is 0.333 e. The molecule has 224 valence electrons. The van der Waals surface area contributed by atoms with E-state index in [9.17, 15) is 9.59 Å². The Balaban J connectivity index is 1.95. The average Bonchev–Trinajstić information content (AvgIpc) is 2.88. The van der Waals surface area contributed by atoms with Crippen LogP contribution in [0.1, 0.15) is 27.7 Å². The lowest BCUT2D eigenvalue weighted by Gasteiger charge is -2.18. The fourth-order valence-electron chi connectivity index (χ4n) is 2.90. The molecule has 6 nitrogen and oxygen atoms in total. The number of thioether (sulfide) groups is 2. The number of hydrogen-bond donors (Lipinski definition) is 0. The Hall–Kier alpha value is -0.570. The number of esters is 2. The van der Waals surface area contributed by atoms with Crippen LogP contribution in [0.15, 0.2) is 76.3 Å². The van der Waals surface area contributed by atoms with Gasteiger partial charge in [-0.15, -0.1) is 23.5 Å². The van der Waals surface area contributed by atoms with Gasteiger partial charge in [0.2, 0.25) is 0 Å². The van der Waals surface area contributed by atoms with E-state index in [2.05, 4.69) is 76.9 Å². The van der Waals surface area contributed by atoms with Gasteiger partial charge in [0.1, 0.15) is 35.6 Å². The number of hydrogen-bond acceptors (Lipinski definition) is 9. The molecule has 0 radical (unpaired) electrons. The van der Waals surface area contributed by atoms with Crippen molar-refractivity contribution in [1.29, 1.82) is 0 Å². The zero-order chi connectivity index (χ0) is 30.7. The van der Waals surface area contributed by atoms with Crippen LogP contribution in [0.25, 0.3) is 0 Å². The van der Waals surface area contributed by atoms with Gasteiger partial charge >= 0.3 is 11.9 Å². The van der Waals surface area contributed by atoms with Crippen LogP contribution in [-0.2, 0) is 19.1 Å². The lowest BCUT2D eigenvalue weighted by atomic mass is 10.3. The van der Waals surface area contributed by atoms with Gasteiger partial charge in [-0.2, -0.15) is 0 Å². The average molecular weight is 878 g/mol. The molecule has 0 N–H and O–H groups in total. The largest absolute Gasteiger partial charge is 0.478 e. The van der Waals surface area contributed by atoms with E-state index in [-0.39, 0.29) is 22.8 Å². The Morgan fingerprint density at radius 2 is 1.02 bits per heavy atom. The third kappa shape index (κ3) is 12.9. The number of halogens is 4. The fraction of sp³-hybridized carbons (Fsp3) is 0.357. The molecule has 2 aromatic carbocycles. The minimum absolute atomic E-state index is 0.156. The third-order valence-electron chi connectivity index (χ3n) is 4.78. The number of ether oxygens (including phenoxy) is 4. The Kier molecular flexibility index (Phi) is 16.3. The zero-order valence-electron chi connectivity index (χ0n) is 22.9. The molecule has 0 fully saturated rings. The Morgan fingerprint density at radius 1 is 0.707 bits per heavy atom. The Labute approximate surface area is 288 Å². The maximum absolute atomic E-state index is 11.5. The van der Waals surface area contributed by atoms with E-state index < -0.39 is 0 Å². The summed E-state index contributed by atoms with van der Waals surface area (Å²) in [6, 6.07) is 8.01. The second-order valence-corrected chi connectivity index (χ2v) is 15.9. The van der Waals surface area contributed by atoms with E-state index >= 15 is 0 Å². The summed E-state index contributed by atoms with van der Waals surface area (Å²) in [4.78, 5) is 25.0. The lowest BCUT2D eigenvalue weighted by Crippen LogP contribution is -2.13. The summed E-state index contributed by atoms with van der Waals surface area (Å²) >= 11 is 19.2. The quantitative estimate of drug-likeness (QED) is 0.0710. The van der Waals surface area contributed by atoms with Crippen molar-refractivity contribution in [2.45, 2.75) is 48.4 Å². The van der Waals surface area contributed by atoms with Gasteiger partial charge in [0, 0.05) is 32.4 Å². The number of benzene rings is 2. The fourth-order valence-corrected chi connectivity index (χ4v) is 8.58. The summed E-state index contributed by atoms with van der Waals surface area (Å²) in [5.74, 6) is 1.83. The monoisotopic (exact) mass is 874 g/mol. The maximum atomic E-state index is 11.5. The lowest BCUT2D eigenvalue weighted by molar-refractivity contribution is -0.139. The van der Waals surface area contributed by atoms with Crippen LogP contribution in [0.5, 0.6) is 11.5 Å². The van der Waals surface area contributed by atoms with Crippen LogP contribution in [-0.4, -0.2) is 47.5 Å². The van der Waals surface area contributed by atoms with Crippen molar-refractivity contribution in [2.75, 3.05) is 24.7 Å². The van der Waals surface area contributed by atoms with Crippen molar-refractivity contribution < 1.29 is 28.5 Å². The molecule has 0 aliphatic heterocycles. The summed E-state index contributed by atoms with van der Waals surface area (Å²) in [6.45, 7) is 14.9. The molecule has 13 heteroatoms. The standard InChI is InChI=1S/C28H30Br4O6S3/c1-15(2)27(33)35-7-9-39-17(5)37-25-21(29)11-19(12-22(25)30)41-20-13-23(31)26(24(32)14-20)38-18(6)40-10-8-36-28(34)16(3)4/h11-14,17-18H,1,3,7-10H2,2,4-6H3. The second kappa shape index (κ2) is 18.3. The van der Waals surface area contributed by atoms with Crippen LogP contribution in [0.2, 0.25) is 0 Å². The molecule has 2 unspecified atom stereocenters. The topological polar surface area (TPSA) is 71.1 Å². The highest BCUT2D eigenvalue weighted by Crippen LogP contribution is 2.44. The smallest absolute Gasteiger partial charge is 0.333 e. The first-order chi connectivity index (χ1) is 19.3. The van der Waals surface area contributed by atoms with Crippen molar-refractivity contribution in [3.8, 4) is 11.5 Å². The van der Waals surface area contributed by atoms with Gasteiger partial charge in [0.25, 0.3) is 0 Å². The summed E-state index contributed by atoms with van der Waals surface area (Å²) in [5.41, 5.74) is 0.456. The van der Waals surface area contributed by atoms with E-state index in [4.69, 9.17) is 18.9 Å². The number of carbonyl (C=O) groups is 2. The number of rotatable bonds is 16. The minimum atomic E-state index is -0.386. The second-order valence-electron chi connectivity index (χ2n) is 8.48. The summed E-state index contributed by atoms with van der Waals surface area (Å²) in [5, 5.41) is 0. The van der Waals surface area contributed by atoms with Gasteiger partial charge < -0.3 is 18.9 Å². The molecule has 2 aromatic rings. The zero-order valence-corrected chi connectivity index (χ0v) is 31.7. The van der Waals surface area contributed by atoms with Crippen molar-refractivity contribution in [2.24, 2.45) is 0 Å². The Morgan fingerprint density at radius 3 is 1.32 bits per heavy atom. The van der Waals surface area contributed by atoms with E-state index in [1.165, 1.54) is 0 Å². The molecule has 0 aliphatic carbocycles. The molecule has 2 rings (SSSR count). The predicted molar refractivity (Wildman–Crippen MR) is 184 cm³/mol. The van der Waals surface area contributed by atoms with Crippen LogP contribution in [0, 0.1) is 0 Å². The molecule has 2 atom stereocenters. The molecule has 0 spiro atoms. The minimum Gasteiger partial charge on any atom is -0.478 e. The highest BCUT2D eigenvalue weighted by molar-refractivity contribution is 9.11. The summed E-state index contributed by atoms with van der Waals surface area (Å²) < 4.78 is 25.8. The van der Waals surface area contributed by atoms with Crippen LogP contribution in [0.3, 0.4) is 0 Å². The van der Waals surface area contributed by atoms with Crippen LogP contribution >= 0.6 is 99.0 Å². The van der Waals surface area contributed by atoms with E-state index in [1.54, 1.807) is 49.1 Å². The van der Waals surface area contributed by atoms with Gasteiger partial charge in [-0.3, -0.25) is 0 Å². The van der Waals surface area contributed by atoms with Gasteiger partial charge in [-0.1, -0.05) is 24.9 Å². The van der Waals surface area contributed by atoms with Gasteiger partial charge in [0.05, 0.1) is 17.9 Å². The molecule has 0 aliphatic rings. The highest BCUT2D eigenvalue weighted by atomic mass is 79.9.